The SMILES string of the molecule is CC(OCc1ccccc1)C(=O)Nc1ccc(OC2CCCC2)cc1. The molecule has 4 nitrogen and oxygen atoms in total. The molecule has 0 radical (unpaired) electrons. The van der Waals surface area contributed by atoms with E-state index in [4.69, 9.17) is 9.47 Å². The molecule has 1 aliphatic carbocycles. The van der Waals surface area contributed by atoms with Crippen LogP contribution in [0, 0.1) is 0 Å². The van der Waals surface area contributed by atoms with Gasteiger partial charge in [-0.25, -0.2) is 0 Å². The normalized spacial score (nSPS) is 15.7. The van der Waals surface area contributed by atoms with E-state index in [9.17, 15) is 4.79 Å². The molecule has 3 rings (SSSR count). The molecule has 0 aromatic heterocycles. The number of carbonyl (C=O) groups is 1. The van der Waals surface area contributed by atoms with Gasteiger partial charge in [0.05, 0.1) is 12.7 Å². The number of ether oxygens (including phenoxy) is 2. The highest BCUT2D eigenvalue weighted by Crippen LogP contribution is 2.25. The van der Waals surface area contributed by atoms with Crippen LogP contribution in [0.2, 0.25) is 0 Å². The zero-order valence-electron chi connectivity index (χ0n) is 14.6. The fraction of sp³-hybridized carbons (Fsp3) is 0.381. The third-order valence-corrected chi connectivity index (χ3v) is 4.44. The van der Waals surface area contributed by atoms with Gasteiger partial charge in [0.25, 0.3) is 5.91 Å². The van der Waals surface area contributed by atoms with E-state index in [0.717, 1.165) is 29.8 Å². The van der Waals surface area contributed by atoms with Crippen molar-refractivity contribution in [2.45, 2.75) is 51.4 Å². The Kier molecular flexibility index (Phi) is 6.07. The van der Waals surface area contributed by atoms with Crippen molar-refractivity contribution in [2.75, 3.05) is 5.32 Å². The van der Waals surface area contributed by atoms with Crippen LogP contribution in [-0.2, 0) is 16.1 Å². The molecule has 1 amide bonds. The first-order chi connectivity index (χ1) is 12.2. The van der Waals surface area contributed by atoms with Crippen molar-refractivity contribution in [1.82, 2.24) is 0 Å². The molecule has 0 heterocycles. The highest BCUT2D eigenvalue weighted by Gasteiger charge is 2.17. The number of benzene rings is 2. The molecule has 2 aromatic carbocycles. The second-order valence-corrected chi connectivity index (χ2v) is 6.48. The van der Waals surface area contributed by atoms with Crippen molar-refractivity contribution in [3.05, 3.63) is 60.2 Å². The molecule has 1 atom stereocenters. The van der Waals surface area contributed by atoms with Gasteiger partial charge in [-0.2, -0.15) is 0 Å². The Morgan fingerprint density at radius 2 is 1.76 bits per heavy atom. The van der Waals surface area contributed by atoms with E-state index >= 15 is 0 Å². The Bertz CT molecular complexity index is 663. The average molecular weight is 339 g/mol. The standard InChI is InChI=1S/C21H25NO3/c1-16(24-15-17-7-3-2-4-8-17)21(23)22-18-11-13-20(14-12-18)25-19-9-5-6-10-19/h2-4,7-8,11-14,16,19H,5-6,9-10,15H2,1H3,(H,22,23). The molecular weight excluding hydrogens is 314 g/mol. The van der Waals surface area contributed by atoms with Crippen LogP contribution in [0.1, 0.15) is 38.2 Å². The summed E-state index contributed by atoms with van der Waals surface area (Å²) in [7, 11) is 0. The molecule has 2 aromatic rings. The van der Waals surface area contributed by atoms with Crippen molar-refractivity contribution in [1.29, 1.82) is 0 Å². The molecule has 1 fully saturated rings. The van der Waals surface area contributed by atoms with Crippen molar-refractivity contribution in [2.24, 2.45) is 0 Å². The van der Waals surface area contributed by atoms with E-state index < -0.39 is 6.10 Å². The summed E-state index contributed by atoms with van der Waals surface area (Å²) in [4.78, 5) is 12.2. The third kappa shape index (κ3) is 5.33. The van der Waals surface area contributed by atoms with E-state index in [1.165, 1.54) is 12.8 Å². The van der Waals surface area contributed by atoms with Gasteiger partial charge < -0.3 is 14.8 Å². The summed E-state index contributed by atoms with van der Waals surface area (Å²) in [5.74, 6) is 0.707. The Balaban J connectivity index is 1.46. The first kappa shape index (κ1) is 17.5. The second-order valence-electron chi connectivity index (χ2n) is 6.48. The molecule has 1 unspecified atom stereocenters. The predicted molar refractivity (Wildman–Crippen MR) is 98.6 cm³/mol. The molecule has 25 heavy (non-hydrogen) atoms. The van der Waals surface area contributed by atoms with Gasteiger partial charge in [-0.1, -0.05) is 30.3 Å². The van der Waals surface area contributed by atoms with Crippen LogP contribution >= 0.6 is 0 Å². The lowest BCUT2D eigenvalue weighted by molar-refractivity contribution is -0.127. The molecule has 1 saturated carbocycles. The Hall–Kier alpha value is -2.33. The van der Waals surface area contributed by atoms with E-state index in [0.29, 0.717) is 12.7 Å². The fourth-order valence-corrected chi connectivity index (χ4v) is 2.93. The van der Waals surface area contributed by atoms with Crippen LogP contribution in [0.4, 0.5) is 5.69 Å². The minimum absolute atomic E-state index is 0.152. The Labute approximate surface area is 149 Å². The molecule has 4 heteroatoms. The smallest absolute Gasteiger partial charge is 0.253 e. The highest BCUT2D eigenvalue weighted by atomic mass is 16.5. The number of hydrogen-bond acceptors (Lipinski definition) is 3. The number of hydrogen-bond donors (Lipinski definition) is 1. The van der Waals surface area contributed by atoms with Crippen LogP contribution in [0.3, 0.4) is 0 Å². The number of rotatable bonds is 7. The maximum absolute atomic E-state index is 12.2. The van der Waals surface area contributed by atoms with Gasteiger partial charge in [0.1, 0.15) is 11.9 Å². The maximum atomic E-state index is 12.2. The number of amides is 1. The minimum Gasteiger partial charge on any atom is -0.490 e. The molecule has 1 N–H and O–H groups in total. The van der Waals surface area contributed by atoms with E-state index in [1.54, 1.807) is 6.92 Å². The van der Waals surface area contributed by atoms with Crippen LogP contribution in [0.15, 0.2) is 54.6 Å². The maximum Gasteiger partial charge on any atom is 0.253 e. The summed E-state index contributed by atoms with van der Waals surface area (Å²) in [6, 6.07) is 17.4. The summed E-state index contributed by atoms with van der Waals surface area (Å²) in [6.45, 7) is 2.18. The van der Waals surface area contributed by atoms with Gasteiger partial charge in [0, 0.05) is 5.69 Å². The molecule has 0 aliphatic heterocycles. The molecule has 132 valence electrons. The largest absolute Gasteiger partial charge is 0.490 e. The van der Waals surface area contributed by atoms with Crippen molar-refractivity contribution >= 4 is 11.6 Å². The molecule has 1 aliphatic rings. The van der Waals surface area contributed by atoms with Crippen LogP contribution in [0.5, 0.6) is 5.75 Å². The number of anilines is 1. The van der Waals surface area contributed by atoms with Gasteiger partial charge in [-0.3, -0.25) is 4.79 Å². The second kappa shape index (κ2) is 8.67. The summed E-state index contributed by atoms with van der Waals surface area (Å²) in [5.41, 5.74) is 1.80. The van der Waals surface area contributed by atoms with E-state index in [-0.39, 0.29) is 5.91 Å². The Morgan fingerprint density at radius 3 is 2.44 bits per heavy atom. The fourth-order valence-electron chi connectivity index (χ4n) is 2.93. The first-order valence-corrected chi connectivity index (χ1v) is 8.94. The highest BCUT2D eigenvalue weighted by molar-refractivity contribution is 5.93. The van der Waals surface area contributed by atoms with E-state index in [1.807, 2.05) is 54.6 Å². The molecule has 0 spiro atoms. The summed E-state index contributed by atoms with van der Waals surface area (Å²) >= 11 is 0. The van der Waals surface area contributed by atoms with Crippen molar-refractivity contribution in [3.63, 3.8) is 0 Å². The van der Waals surface area contributed by atoms with Gasteiger partial charge in [0.2, 0.25) is 0 Å². The molecular formula is C21H25NO3. The minimum atomic E-state index is -0.519. The lowest BCUT2D eigenvalue weighted by atomic mass is 10.2. The third-order valence-electron chi connectivity index (χ3n) is 4.44. The van der Waals surface area contributed by atoms with Gasteiger partial charge in [-0.15, -0.1) is 0 Å². The van der Waals surface area contributed by atoms with Crippen molar-refractivity contribution in [3.8, 4) is 5.75 Å². The van der Waals surface area contributed by atoms with Crippen LogP contribution < -0.4 is 10.1 Å². The molecule has 0 bridgehead atoms. The quantitative estimate of drug-likeness (QED) is 0.805. The van der Waals surface area contributed by atoms with Crippen LogP contribution in [-0.4, -0.2) is 18.1 Å². The average Bonchev–Trinajstić information content (AvgIpc) is 3.15. The van der Waals surface area contributed by atoms with Gasteiger partial charge >= 0.3 is 0 Å². The lowest BCUT2D eigenvalue weighted by Crippen LogP contribution is -2.27. The Morgan fingerprint density at radius 1 is 1.08 bits per heavy atom. The first-order valence-electron chi connectivity index (χ1n) is 8.94. The van der Waals surface area contributed by atoms with Gasteiger partial charge in [-0.05, 0) is 62.4 Å². The van der Waals surface area contributed by atoms with Crippen LogP contribution in [0.25, 0.3) is 0 Å². The van der Waals surface area contributed by atoms with E-state index in [2.05, 4.69) is 5.32 Å². The number of nitrogens with one attached hydrogen (secondary N) is 1. The number of carbonyl (C=O) groups excluding carboxylic acids is 1. The zero-order valence-corrected chi connectivity index (χ0v) is 14.6. The molecule has 0 saturated heterocycles. The zero-order chi connectivity index (χ0) is 17.5. The van der Waals surface area contributed by atoms with Crippen molar-refractivity contribution < 1.29 is 14.3 Å². The monoisotopic (exact) mass is 339 g/mol. The summed E-state index contributed by atoms with van der Waals surface area (Å²) in [6.07, 6.45) is 4.59. The van der Waals surface area contributed by atoms with Gasteiger partial charge in [0.15, 0.2) is 0 Å². The predicted octanol–water partition coefficient (Wildman–Crippen LogP) is 4.55. The lowest BCUT2D eigenvalue weighted by Gasteiger charge is -2.15. The summed E-state index contributed by atoms with van der Waals surface area (Å²) in [5, 5.41) is 2.88. The summed E-state index contributed by atoms with van der Waals surface area (Å²) < 4.78 is 11.6. The topological polar surface area (TPSA) is 47.6 Å².